The van der Waals surface area contributed by atoms with Gasteiger partial charge in [-0.3, -0.25) is 14.6 Å². The smallest absolute Gasteiger partial charge is 0.303 e. The van der Waals surface area contributed by atoms with Crippen LogP contribution in [0.25, 0.3) is 0 Å². The molecule has 0 radical (unpaired) electrons. The lowest BCUT2D eigenvalue weighted by Gasteiger charge is -2.17. The highest BCUT2D eigenvalue weighted by molar-refractivity contribution is 5.94. The standard InChI is InChI=1S/C13H19N3O3/c1-16(2)11-7-8-14-9-10(11)15-12(17)5-3-4-6-13(18)19/h7-9H,3-6H2,1-2H3,(H,15,17)(H,18,19). The average Bonchev–Trinajstić information content (AvgIpc) is 2.35. The van der Waals surface area contributed by atoms with Crippen molar-refractivity contribution >= 4 is 23.3 Å². The molecule has 1 heterocycles. The second-order valence-electron chi connectivity index (χ2n) is 4.44. The third kappa shape index (κ3) is 5.37. The molecule has 0 aliphatic carbocycles. The summed E-state index contributed by atoms with van der Waals surface area (Å²) < 4.78 is 0. The van der Waals surface area contributed by atoms with Crippen LogP contribution in [-0.2, 0) is 9.59 Å². The van der Waals surface area contributed by atoms with Crippen LogP contribution < -0.4 is 10.2 Å². The maximum atomic E-state index is 11.7. The largest absolute Gasteiger partial charge is 0.481 e. The fraction of sp³-hybridized carbons (Fsp3) is 0.462. The van der Waals surface area contributed by atoms with Gasteiger partial charge >= 0.3 is 5.97 Å². The molecule has 104 valence electrons. The zero-order chi connectivity index (χ0) is 14.3. The van der Waals surface area contributed by atoms with Crippen LogP contribution in [0.1, 0.15) is 25.7 Å². The average molecular weight is 265 g/mol. The number of aliphatic carboxylic acids is 1. The number of carboxylic acids is 1. The number of amides is 1. The molecule has 0 spiro atoms. The molecular weight excluding hydrogens is 246 g/mol. The molecule has 0 aromatic carbocycles. The van der Waals surface area contributed by atoms with Crippen molar-refractivity contribution in [3.63, 3.8) is 0 Å². The zero-order valence-electron chi connectivity index (χ0n) is 11.2. The number of pyridine rings is 1. The molecule has 0 aliphatic rings. The van der Waals surface area contributed by atoms with Crippen LogP contribution in [0.4, 0.5) is 11.4 Å². The van der Waals surface area contributed by atoms with Crippen molar-refractivity contribution in [1.82, 2.24) is 4.98 Å². The monoisotopic (exact) mass is 265 g/mol. The van der Waals surface area contributed by atoms with E-state index in [9.17, 15) is 9.59 Å². The van der Waals surface area contributed by atoms with Crippen LogP contribution in [0.5, 0.6) is 0 Å². The van der Waals surface area contributed by atoms with Crippen molar-refractivity contribution in [1.29, 1.82) is 0 Å². The van der Waals surface area contributed by atoms with Gasteiger partial charge < -0.3 is 15.3 Å². The molecule has 0 unspecified atom stereocenters. The van der Waals surface area contributed by atoms with Gasteiger partial charge in [0.2, 0.25) is 5.91 Å². The first-order valence-corrected chi connectivity index (χ1v) is 6.13. The molecule has 0 saturated heterocycles. The topological polar surface area (TPSA) is 82.5 Å². The molecule has 0 atom stereocenters. The molecule has 6 nitrogen and oxygen atoms in total. The van der Waals surface area contributed by atoms with E-state index in [4.69, 9.17) is 5.11 Å². The Kier molecular flexibility index (Phi) is 5.78. The second-order valence-corrected chi connectivity index (χ2v) is 4.44. The van der Waals surface area contributed by atoms with E-state index in [1.165, 1.54) is 0 Å². The maximum absolute atomic E-state index is 11.7. The van der Waals surface area contributed by atoms with Crippen molar-refractivity contribution < 1.29 is 14.7 Å². The highest BCUT2D eigenvalue weighted by atomic mass is 16.4. The van der Waals surface area contributed by atoms with Gasteiger partial charge in [0.15, 0.2) is 0 Å². The van der Waals surface area contributed by atoms with Crippen LogP contribution in [0.15, 0.2) is 18.5 Å². The minimum Gasteiger partial charge on any atom is -0.481 e. The first-order chi connectivity index (χ1) is 9.00. The third-order valence-corrected chi connectivity index (χ3v) is 2.60. The van der Waals surface area contributed by atoms with Gasteiger partial charge in [-0.25, -0.2) is 0 Å². The molecule has 1 rings (SSSR count). The van der Waals surface area contributed by atoms with E-state index in [0.29, 0.717) is 24.9 Å². The number of carbonyl (C=O) groups excluding carboxylic acids is 1. The number of hydrogen-bond acceptors (Lipinski definition) is 4. The summed E-state index contributed by atoms with van der Waals surface area (Å²) in [6.45, 7) is 0. The summed E-state index contributed by atoms with van der Waals surface area (Å²) >= 11 is 0. The summed E-state index contributed by atoms with van der Waals surface area (Å²) in [4.78, 5) is 27.9. The summed E-state index contributed by atoms with van der Waals surface area (Å²) in [6.07, 6.45) is 4.76. The number of nitrogens with zero attached hydrogens (tertiary/aromatic N) is 2. The Morgan fingerprint density at radius 1 is 1.32 bits per heavy atom. The normalized spacial score (nSPS) is 10.0. The Hall–Kier alpha value is -2.11. The van der Waals surface area contributed by atoms with Gasteiger partial charge in [-0.05, 0) is 18.9 Å². The number of carboxylic acid groups (broad SMARTS) is 1. The molecule has 2 N–H and O–H groups in total. The Bertz CT molecular complexity index is 447. The summed E-state index contributed by atoms with van der Waals surface area (Å²) in [5.74, 6) is -0.955. The van der Waals surface area contributed by atoms with Crippen molar-refractivity contribution in [2.75, 3.05) is 24.3 Å². The first-order valence-electron chi connectivity index (χ1n) is 6.13. The zero-order valence-corrected chi connectivity index (χ0v) is 11.2. The summed E-state index contributed by atoms with van der Waals surface area (Å²) in [5, 5.41) is 11.3. The minimum absolute atomic E-state index is 0.100. The SMILES string of the molecule is CN(C)c1ccncc1NC(=O)CCCCC(=O)O. The van der Waals surface area contributed by atoms with Gasteiger partial charge in [0.25, 0.3) is 0 Å². The van der Waals surface area contributed by atoms with Gasteiger partial charge in [-0.1, -0.05) is 0 Å². The van der Waals surface area contributed by atoms with Gasteiger partial charge in [-0.15, -0.1) is 0 Å². The second kappa shape index (κ2) is 7.35. The lowest BCUT2D eigenvalue weighted by molar-refractivity contribution is -0.137. The van der Waals surface area contributed by atoms with Crippen LogP contribution in [0, 0.1) is 0 Å². The predicted molar refractivity (Wildman–Crippen MR) is 73.3 cm³/mol. The van der Waals surface area contributed by atoms with Crippen molar-refractivity contribution in [2.45, 2.75) is 25.7 Å². The van der Waals surface area contributed by atoms with Crippen molar-refractivity contribution in [2.24, 2.45) is 0 Å². The molecule has 1 aromatic rings. The van der Waals surface area contributed by atoms with E-state index >= 15 is 0 Å². The Morgan fingerprint density at radius 3 is 2.63 bits per heavy atom. The number of anilines is 2. The predicted octanol–water partition coefficient (Wildman–Crippen LogP) is 1.73. The number of hydrogen-bond donors (Lipinski definition) is 2. The molecule has 1 aromatic heterocycles. The molecular formula is C13H19N3O3. The van der Waals surface area contributed by atoms with Crippen LogP contribution >= 0.6 is 0 Å². The van der Waals surface area contributed by atoms with Crippen molar-refractivity contribution in [3.8, 4) is 0 Å². The molecule has 0 saturated carbocycles. The van der Waals surface area contributed by atoms with Gasteiger partial charge in [0.1, 0.15) is 0 Å². The van der Waals surface area contributed by atoms with E-state index in [-0.39, 0.29) is 12.3 Å². The molecule has 1 amide bonds. The fourth-order valence-corrected chi connectivity index (χ4v) is 1.65. The van der Waals surface area contributed by atoms with E-state index in [2.05, 4.69) is 10.3 Å². The van der Waals surface area contributed by atoms with E-state index < -0.39 is 5.97 Å². The maximum Gasteiger partial charge on any atom is 0.303 e. The summed E-state index contributed by atoms with van der Waals surface area (Å²) in [6, 6.07) is 1.82. The lowest BCUT2D eigenvalue weighted by Crippen LogP contribution is -2.16. The number of nitrogens with one attached hydrogen (secondary N) is 1. The Balaban J connectivity index is 2.46. The van der Waals surface area contributed by atoms with Crippen molar-refractivity contribution in [3.05, 3.63) is 18.5 Å². The highest BCUT2D eigenvalue weighted by Crippen LogP contribution is 2.22. The van der Waals surface area contributed by atoms with E-state index in [1.807, 2.05) is 25.1 Å². The molecule has 0 fully saturated rings. The number of unbranched alkanes of at least 4 members (excludes halogenated alkanes) is 1. The lowest BCUT2D eigenvalue weighted by atomic mass is 10.2. The number of aromatic nitrogens is 1. The first kappa shape index (κ1) is 14.9. The Morgan fingerprint density at radius 2 is 2.00 bits per heavy atom. The van der Waals surface area contributed by atoms with Gasteiger partial charge in [0, 0.05) is 33.1 Å². The van der Waals surface area contributed by atoms with Crippen LogP contribution in [0.2, 0.25) is 0 Å². The molecule has 6 heteroatoms. The minimum atomic E-state index is -0.831. The van der Waals surface area contributed by atoms with E-state index in [1.54, 1.807) is 12.4 Å². The summed E-state index contributed by atoms with van der Waals surface area (Å²) in [5.41, 5.74) is 1.55. The van der Waals surface area contributed by atoms with Crippen LogP contribution in [-0.4, -0.2) is 36.1 Å². The summed E-state index contributed by atoms with van der Waals surface area (Å²) in [7, 11) is 3.77. The molecule has 19 heavy (non-hydrogen) atoms. The Labute approximate surface area is 112 Å². The molecule has 0 bridgehead atoms. The van der Waals surface area contributed by atoms with E-state index in [0.717, 1.165) is 5.69 Å². The third-order valence-electron chi connectivity index (χ3n) is 2.60. The number of carbonyl (C=O) groups is 2. The van der Waals surface area contributed by atoms with Gasteiger partial charge in [-0.2, -0.15) is 0 Å². The molecule has 0 aliphatic heterocycles. The highest BCUT2D eigenvalue weighted by Gasteiger charge is 2.08. The van der Waals surface area contributed by atoms with Crippen LogP contribution in [0.3, 0.4) is 0 Å². The number of rotatable bonds is 7. The van der Waals surface area contributed by atoms with Gasteiger partial charge in [0.05, 0.1) is 17.6 Å². The fourth-order valence-electron chi connectivity index (χ4n) is 1.65. The quantitative estimate of drug-likeness (QED) is 0.734.